The molecule has 1 heterocycles. The number of halogens is 4. The lowest BCUT2D eigenvalue weighted by molar-refractivity contribution is -0.279. The van der Waals surface area contributed by atoms with Crippen LogP contribution in [0.3, 0.4) is 0 Å². The van der Waals surface area contributed by atoms with E-state index in [9.17, 15) is 18.3 Å². The molecule has 2 unspecified atom stereocenters. The fourth-order valence-corrected chi connectivity index (χ4v) is 1.66. The molecule has 0 saturated carbocycles. The smallest absolute Gasteiger partial charge is 0.426 e. The molecule has 3 N–H and O–H groups in total. The second-order valence-electron chi connectivity index (χ2n) is 3.15. The zero-order valence-corrected chi connectivity index (χ0v) is 9.26. The summed E-state index contributed by atoms with van der Waals surface area (Å²) >= 11 is 2.85. The van der Waals surface area contributed by atoms with E-state index in [2.05, 4.69) is 20.3 Å². The van der Waals surface area contributed by atoms with Crippen LogP contribution in [0, 0.1) is 0 Å². The van der Waals surface area contributed by atoms with Crippen molar-refractivity contribution in [2.45, 2.75) is 24.7 Å². The molecular weight excluding hydrogens is 279 g/mol. The number of hydrogen-bond acceptors (Lipinski definition) is 3. The lowest BCUT2D eigenvalue weighted by Crippen LogP contribution is -2.54. The van der Waals surface area contributed by atoms with Gasteiger partial charge in [-0.3, -0.25) is 0 Å². The lowest BCUT2D eigenvalue weighted by atomic mass is 9.92. The maximum atomic E-state index is 12.7. The van der Waals surface area contributed by atoms with Crippen LogP contribution in [0.15, 0.2) is 21.2 Å². The molecule has 3 nitrogen and oxygen atoms in total. The summed E-state index contributed by atoms with van der Waals surface area (Å²) in [6.45, 7) is 1.06. The van der Waals surface area contributed by atoms with E-state index < -0.39 is 23.6 Å². The van der Waals surface area contributed by atoms with Crippen molar-refractivity contribution >= 4 is 15.9 Å². The number of aliphatic hydroxyl groups is 1. The summed E-state index contributed by atoms with van der Waals surface area (Å²) in [5, 5.41) is 9.59. The molecular formula is C8H9BrF3NO2. The maximum absolute atomic E-state index is 12.7. The van der Waals surface area contributed by atoms with E-state index in [0.717, 1.165) is 13.2 Å². The number of rotatable bonds is 2. The Morgan fingerprint density at radius 3 is 2.33 bits per heavy atom. The Bertz CT molecular complexity index is 350. The van der Waals surface area contributed by atoms with Gasteiger partial charge in [-0.25, -0.2) is 0 Å². The van der Waals surface area contributed by atoms with Crippen molar-refractivity contribution in [3.63, 3.8) is 0 Å². The molecule has 0 amide bonds. The standard InChI is InChI=1S/C8H9BrF3NO2/c1-4(13)7(14,8(10,11)12)6-5(9)2-3-15-6/h2-4,14H,13H2,1H3. The molecule has 0 bridgehead atoms. The molecule has 0 aliphatic heterocycles. The molecule has 15 heavy (non-hydrogen) atoms. The minimum Gasteiger partial charge on any atom is -0.465 e. The van der Waals surface area contributed by atoms with Crippen LogP contribution in [0.2, 0.25) is 0 Å². The highest BCUT2D eigenvalue weighted by atomic mass is 79.9. The third-order valence-electron chi connectivity index (χ3n) is 2.05. The summed E-state index contributed by atoms with van der Waals surface area (Å²) in [6, 6.07) is -0.283. The molecule has 0 aliphatic carbocycles. The van der Waals surface area contributed by atoms with Gasteiger partial charge < -0.3 is 15.3 Å². The zero-order valence-electron chi connectivity index (χ0n) is 7.68. The minimum atomic E-state index is -4.90. The largest absolute Gasteiger partial charge is 0.465 e. The normalized spacial score (nSPS) is 18.6. The zero-order chi connectivity index (χ0) is 11.9. The van der Waals surface area contributed by atoms with E-state index in [0.29, 0.717) is 0 Å². The highest BCUT2D eigenvalue weighted by Gasteiger charge is 2.60. The van der Waals surface area contributed by atoms with Gasteiger partial charge in [0.2, 0.25) is 5.60 Å². The van der Waals surface area contributed by atoms with E-state index >= 15 is 0 Å². The third kappa shape index (κ3) is 1.91. The molecule has 1 rings (SSSR count). The van der Waals surface area contributed by atoms with Gasteiger partial charge >= 0.3 is 6.18 Å². The monoisotopic (exact) mass is 287 g/mol. The number of alkyl halides is 3. The van der Waals surface area contributed by atoms with Gasteiger partial charge in [-0.15, -0.1) is 0 Å². The first-order valence-electron chi connectivity index (χ1n) is 3.99. The SMILES string of the molecule is CC(N)C(O)(c1occc1Br)C(F)(F)F. The van der Waals surface area contributed by atoms with Gasteiger partial charge in [-0.1, -0.05) is 0 Å². The summed E-state index contributed by atoms with van der Waals surface area (Å²) < 4.78 is 42.7. The molecule has 1 aromatic rings. The summed E-state index contributed by atoms with van der Waals surface area (Å²) in [6.07, 6.45) is -3.86. The van der Waals surface area contributed by atoms with Gasteiger partial charge in [0.05, 0.1) is 10.7 Å². The first kappa shape index (κ1) is 12.5. The van der Waals surface area contributed by atoms with Crippen molar-refractivity contribution in [1.82, 2.24) is 0 Å². The molecule has 0 saturated heterocycles. The van der Waals surface area contributed by atoms with Crippen LogP contribution >= 0.6 is 15.9 Å². The van der Waals surface area contributed by atoms with Gasteiger partial charge in [0.1, 0.15) is 0 Å². The quantitative estimate of drug-likeness (QED) is 0.876. The first-order chi connectivity index (χ1) is 6.71. The van der Waals surface area contributed by atoms with Crippen LogP contribution in [-0.4, -0.2) is 17.3 Å². The van der Waals surface area contributed by atoms with Crippen LogP contribution in [0.25, 0.3) is 0 Å². The van der Waals surface area contributed by atoms with Crippen LogP contribution in [-0.2, 0) is 5.60 Å². The number of nitrogens with two attached hydrogens (primary N) is 1. The lowest BCUT2D eigenvalue weighted by Gasteiger charge is -2.32. The average Bonchev–Trinajstić information content (AvgIpc) is 2.47. The summed E-state index contributed by atoms with van der Waals surface area (Å²) in [7, 11) is 0. The van der Waals surface area contributed by atoms with Crippen LogP contribution in [0.5, 0.6) is 0 Å². The molecule has 2 atom stereocenters. The van der Waals surface area contributed by atoms with Crippen molar-refractivity contribution in [3.8, 4) is 0 Å². The van der Waals surface area contributed by atoms with E-state index in [1.54, 1.807) is 0 Å². The molecule has 0 aliphatic rings. The van der Waals surface area contributed by atoms with E-state index in [-0.39, 0.29) is 4.47 Å². The number of furan rings is 1. The third-order valence-corrected chi connectivity index (χ3v) is 2.68. The van der Waals surface area contributed by atoms with Crippen molar-refractivity contribution in [2.24, 2.45) is 5.73 Å². The van der Waals surface area contributed by atoms with Crippen LogP contribution < -0.4 is 5.73 Å². The molecule has 0 spiro atoms. The highest BCUT2D eigenvalue weighted by Crippen LogP contribution is 2.43. The summed E-state index contributed by atoms with van der Waals surface area (Å²) in [4.78, 5) is 0. The summed E-state index contributed by atoms with van der Waals surface area (Å²) in [5.41, 5.74) is 1.98. The molecule has 0 aromatic carbocycles. The highest BCUT2D eigenvalue weighted by molar-refractivity contribution is 9.10. The van der Waals surface area contributed by atoms with Crippen molar-refractivity contribution in [2.75, 3.05) is 0 Å². The molecule has 7 heteroatoms. The second kappa shape index (κ2) is 3.80. The maximum Gasteiger partial charge on any atom is 0.426 e. The predicted octanol–water partition coefficient (Wildman–Crippen LogP) is 2.14. The Labute approximate surface area is 92.2 Å². The number of hydrogen-bond donors (Lipinski definition) is 2. The Morgan fingerprint density at radius 1 is 1.53 bits per heavy atom. The Hall–Kier alpha value is -0.530. The molecule has 86 valence electrons. The fraction of sp³-hybridized carbons (Fsp3) is 0.500. The van der Waals surface area contributed by atoms with Crippen molar-refractivity contribution < 1.29 is 22.7 Å². The van der Waals surface area contributed by atoms with Crippen molar-refractivity contribution in [1.29, 1.82) is 0 Å². The molecule has 0 radical (unpaired) electrons. The topological polar surface area (TPSA) is 59.4 Å². The molecule has 1 aromatic heterocycles. The van der Waals surface area contributed by atoms with E-state index in [1.165, 1.54) is 6.07 Å². The Balaban J connectivity index is 3.32. The van der Waals surface area contributed by atoms with E-state index in [1.807, 2.05) is 0 Å². The van der Waals surface area contributed by atoms with Gasteiger partial charge in [0.25, 0.3) is 0 Å². The van der Waals surface area contributed by atoms with Gasteiger partial charge in [-0.2, -0.15) is 13.2 Å². The Morgan fingerprint density at radius 2 is 2.07 bits per heavy atom. The predicted molar refractivity (Wildman–Crippen MR) is 50.0 cm³/mol. The fourth-order valence-electron chi connectivity index (χ4n) is 1.16. The van der Waals surface area contributed by atoms with Gasteiger partial charge in [-0.05, 0) is 28.9 Å². The van der Waals surface area contributed by atoms with Crippen molar-refractivity contribution in [3.05, 3.63) is 22.6 Å². The summed E-state index contributed by atoms with van der Waals surface area (Å²) in [5.74, 6) is -0.634. The average molecular weight is 288 g/mol. The van der Waals surface area contributed by atoms with Gasteiger partial charge in [0.15, 0.2) is 5.76 Å². The van der Waals surface area contributed by atoms with Crippen LogP contribution in [0.1, 0.15) is 12.7 Å². The van der Waals surface area contributed by atoms with E-state index in [4.69, 9.17) is 5.73 Å². The first-order valence-corrected chi connectivity index (χ1v) is 4.78. The van der Waals surface area contributed by atoms with Crippen LogP contribution in [0.4, 0.5) is 13.2 Å². The second-order valence-corrected chi connectivity index (χ2v) is 4.00. The Kier molecular flexibility index (Phi) is 3.18. The van der Waals surface area contributed by atoms with Gasteiger partial charge in [0, 0.05) is 6.04 Å². The minimum absolute atomic E-state index is 0.0274. The molecule has 0 fully saturated rings.